The summed E-state index contributed by atoms with van der Waals surface area (Å²) in [5.41, 5.74) is -0.0275. The van der Waals surface area contributed by atoms with Gasteiger partial charge in [-0.15, -0.1) is 0 Å². The third-order valence-electron chi connectivity index (χ3n) is 2.90. The highest BCUT2D eigenvalue weighted by Gasteiger charge is 2.30. The van der Waals surface area contributed by atoms with Crippen LogP contribution in [-0.2, 0) is 4.74 Å². The van der Waals surface area contributed by atoms with E-state index in [-0.39, 0.29) is 23.0 Å². The normalized spacial score (nSPS) is 24.1. The van der Waals surface area contributed by atoms with E-state index >= 15 is 0 Å². The number of aromatic nitrogens is 1. The fourth-order valence-corrected chi connectivity index (χ4v) is 2.11. The molecule has 1 aromatic rings. The van der Waals surface area contributed by atoms with E-state index in [1.807, 2.05) is 18.7 Å². The van der Waals surface area contributed by atoms with Crippen molar-refractivity contribution in [2.75, 3.05) is 18.1 Å². The maximum absolute atomic E-state index is 11.0. The van der Waals surface area contributed by atoms with Crippen LogP contribution in [0.3, 0.4) is 0 Å². The van der Waals surface area contributed by atoms with Gasteiger partial charge in [-0.25, -0.2) is 4.98 Å². The van der Waals surface area contributed by atoms with E-state index in [0.29, 0.717) is 19.0 Å². The molecule has 0 aliphatic carbocycles. The molecule has 0 spiro atoms. The first-order valence-electron chi connectivity index (χ1n) is 5.68. The zero-order chi connectivity index (χ0) is 13.3. The number of hydrogen-bond acceptors (Lipinski definition) is 5. The van der Waals surface area contributed by atoms with Gasteiger partial charge in [0, 0.05) is 12.6 Å². The Bertz CT molecular complexity index is 469. The van der Waals surface area contributed by atoms with Crippen LogP contribution in [0.15, 0.2) is 12.1 Å². The Labute approximate surface area is 110 Å². The molecular formula is C11H14ClN3O3. The van der Waals surface area contributed by atoms with Crippen LogP contribution in [0.25, 0.3) is 0 Å². The van der Waals surface area contributed by atoms with Crippen LogP contribution < -0.4 is 4.90 Å². The molecule has 0 N–H and O–H groups in total. The van der Waals surface area contributed by atoms with Crippen LogP contribution in [0, 0.1) is 10.1 Å². The van der Waals surface area contributed by atoms with Gasteiger partial charge in [-0.2, -0.15) is 0 Å². The van der Waals surface area contributed by atoms with Gasteiger partial charge in [0.05, 0.1) is 23.7 Å². The van der Waals surface area contributed by atoms with Crippen LogP contribution in [-0.4, -0.2) is 35.2 Å². The van der Waals surface area contributed by atoms with Gasteiger partial charge in [0.25, 0.3) is 0 Å². The number of pyridine rings is 1. The predicted molar refractivity (Wildman–Crippen MR) is 68.1 cm³/mol. The summed E-state index contributed by atoms with van der Waals surface area (Å²) in [7, 11) is 0. The maximum Gasteiger partial charge on any atom is 0.311 e. The summed E-state index contributed by atoms with van der Waals surface area (Å²) >= 11 is 5.83. The van der Waals surface area contributed by atoms with Crippen molar-refractivity contribution in [1.82, 2.24) is 4.98 Å². The van der Waals surface area contributed by atoms with Crippen LogP contribution in [0.5, 0.6) is 0 Å². The second-order valence-electron chi connectivity index (χ2n) is 4.38. The highest BCUT2D eigenvalue weighted by atomic mass is 35.5. The standard InChI is InChI=1S/C11H14ClN3O3/c1-7-6-18-8(2)5-14(7)11-9(15(16)17)3-4-10(12)13-11/h3-4,7-8H,5-6H2,1-2H3. The second-order valence-corrected chi connectivity index (χ2v) is 4.77. The number of rotatable bonds is 2. The van der Waals surface area contributed by atoms with Gasteiger partial charge in [-0.05, 0) is 19.9 Å². The Morgan fingerprint density at radius 2 is 2.28 bits per heavy atom. The lowest BCUT2D eigenvalue weighted by Gasteiger charge is -2.37. The molecule has 2 atom stereocenters. The number of morpholine rings is 1. The van der Waals surface area contributed by atoms with Crippen molar-refractivity contribution in [3.05, 3.63) is 27.4 Å². The molecule has 1 aliphatic heterocycles. The molecule has 1 aliphatic rings. The fourth-order valence-electron chi connectivity index (χ4n) is 1.97. The zero-order valence-corrected chi connectivity index (χ0v) is 10.9. The molecule has 6 nitrogen and oxygen atoms in total. The lowest BCUT2D eigenvalue weighted by molar-refractivity contribution is -0.384. The Morgan fingerprint density at radius 1 is 1.56 bits per heavy atom. The molecule has 2 unspecified atom stereocenters. The van der Waals surface area contributed by atoms with Crippen LogP contribution in [0.2, 0.25) is 5.15 Å². The Balaban J connectivity index is 2.41. The van der Waals surface area contributed by atoms with Crippen molar-refractivity contribution in [3.63, 3.8) is 0 Å². The van der Waals surface area contributed by atoms with Gasteiger partial charge in [0.1, 0.15) is 5.15 Å². The Hall–Kier alpha value is -1.40. The lowest BCUT2D eigenvalue weighted by atomic mass is 10.2. The molecule has 0 radical (unpaired) electrons. The topological polar surface area (TPSA) is 68.5 Å². The molecule has 1 saturated heterocycles. The molecule has 18 heavy (non-hydrogen) atoms. The maximum atomic E-state index is 11.0. The lowest BCUT2D eigenvalue weighted by Crippen LogP contribution is -2.48. The third kappa shape index (κ3) is 2.54. The smallest absolute Gasteiger partial charge is 0.311 e. The minimum atomic E-state index is -0.439. The van der Waals surface area contributed by atoms with Gasteiger partial charge in [-0.1, -0.05) is 11.6 Å². The zero-order valence-electron chi connectivity index (χ0n) is 10.2. The largest absolute Gasteiger partial charge is 0.375 e. The molecule has 98 valence electrons. The highest BCUT2D eigenvalue weighted by Crippen LogP contribution is 2.30. The number of nitrogens with zero attached hydrogens (tertiary/aromatic N) is 3. The van der Waals surface area contributed by atoms with Crippen molar-refractivity contribution in [3.8, 4) is 0 Å². The van der Waals surface area contributed by atoms with Gasteiger partial charge >= 0.3 is 5.69 Å². The first kappa shape index (κ1) is 13.0. The van der Waals surface area contributed by atoms with Crippen molar-refractivity contribution >= 4 is 23.1 Å². The van der Waals surface area contributed by atoms with E-state index in [1.165, 1.54) is 12.1 Å². The van der Waals surface area contributed by atoms with Gasteiger partial charge in [-0.3, -0.25) is 10.1 Å². The van der Waals surface area contributed by atoms with Gasteiger partial charge < -0.3 is 9.64 Å². The predicted octanol–water partition coefficient (Wildman–Crippen LogP) is 2.26. The summed E-state index contributed by atoms with van der Waals surface area (Å²) in [5.74, 6) is 0.315. The minimum Gasteiger partial charge on any atom is -0.375 e. The summed E-state index contributed by atoms with van der Waals surface area (Å²) in [5, 5.41) is 11.3. The van der Waals surface area contributed by atoms with Crippen LogP contribution in [0.4, 0.5) is 11.5 Å². The van der Waals surface area contributed by atoms with Crippen molar-refractivity contribution < 1.29 is 9.66 Å². The average molecular weight is 272 g/mol. The van der Waals surface area contributed by atoms with E-state index in [2.05, 4.69) is 4.98 Å². The molecule has 1 fully saturated rings. The number of anilines is 1. The molecule has 7 heteroatoms. The van der Waals surface area contributed by atoms with E-state index in [0.717, 1.165) is 0 Å². The number of hydrogen-bond donors (Lipinski definition) is 0. The summed E-state index contributed by atoms with van der Waals surface area (Å²) in [6.45, 7) is 4.95. The van der Waals surface area contributed by atoms with Crippen LogP contribution in [0.1, 0.15) is 13.8 Å². The minimum absolute atomic E-state index is 0.0154. The molecular weight excluding hydrogens is 258 g/mol. The van der Waals surface area contributed by atoms with E-state index < -0.39 is 4.92 Å². The molecule has 0 amide bonds. The van der Waals surface area contributed by atoms with E-state index in [9.17, 15) is 10.1 Å². The first-order valence-corrected chi connectivity index (χ1v) is 6.06. The summed E-state index contributed by atoms with van der Waals surface area (Å²) in [4.78, 5) is 16.6. The van der Waals surface area contributed by atoms with E-state index in [1.54, 1.807) is 0 Å². The second kappa shape index (κ2) is 5.07. The van der Waals surface area contributed by atoms with Crippen molar-refractivity contribution in [1.29, 1.82) is 0 Å². The molecule has 2 rings (SSSR count). The first-order chi connectivity index (χ1) is 8.49. The summed E-state index contributed by atoms with van der Waals surface area (Å²) < 4.78 is 5.50. The quantitative estimate of drug-likeness (QED) is 0.469. The summed E-state index contributed by atoms with van der Waals surface area (Å²) in [6, 6.07) is 2.85. The highest BCUT2D eigenvalue weighted by molar-refractivity contribution is 6.29. The third-order valence-corrected chi connectivity index (χ3v) is 3.11. The summed E-state index contributed by atoms with van der Waals surface area (Å²) in [6.07, 6.45) is 0.0154. The number of ether oxygens (including phenoxy) is 1. The Morgan fingerprint density at radius 3 is 2.94 bits per heavy atom. The average Bonchev–Trinajstić information content (AvgIpc) is 2.31. The monoisotopic (exact) mass is 271 g/mol. The number of halogens is 1. The molecule has 0 bridgehead atoms. The number of nitro groups is 1. The van der Waals surface area contributed by atoms with Crippen molar-refractivity contribution in [2.45, 2.75) is 26.0 Å². The molecule has 2 heterocycles. The van der Waals surface area contributed by atoms with Gasteiger partial charge in [0.2, 0.25) is 5.82 Å². The molecule has 0 aromatic carbocycles. The SMILES string of the molecule is CC1CN(c2nc(Cl)ccc2[N+](=O)[O-])C(C)CO1. The van der Waals surface area contributed by atoms with E-state index in [4.69, 9.17) is 16.3 Å². The van der Waals surface area contributed by atoms with Crippen LogP contribution >= 0.6 is 11.6 Å². The Kier molecular flexibility index (Phi) is 3.68. The molecule has 0 saturated carbocycles. The molecule has 1 aromatic heterocycles. The van der Waals surface area contributed by atoms with Gasteiger partial charge in [0.15, 0.2) is 0 Å². The fraction of sp³-hybridized carbons (Fsp3) is 0.545. The van der Waals surface area contributed by atoms with Crippen molar-refractivity contribution in [2.24, 2.45) is 0 Å².